The average molecular weight is 499 g/mol. The second kappa shape index (κ2) is 10.1. The second-order valence-corrected chi connectivity index (χ2v) is 12.0. The zero-order valence-corrected chi connectivity index (χ0v) is 21.5. The van der Waals surface area contributed by atoms with Gasteiger partial charge in [-0.15, -0.1) is 0 Å². The van der Waals surface area contributed by atoms with Crippen LogP contribution in [0.2, 0.25) is 0 Å². The zero-order valence-electron chi connectivity index (χ0n) is 21.5. The SMILES string of the molecule is CC(C)C(NC(=O)C12CC3CC(CC(C3)C1)C2)C(=O)N1CCN(CC(=O)Nc2ccc(F)cc2)CC1. The van der Waals surface area contributed by atoms with E-state index in [1.807, 2.05) is 23.6 Å². The number of hydrogen-bond acceptors (Lipinski definition) is 4. The van der Waals surface area contributed by atoms with Crippen molar-refractivity contribution in [2.24, 2.45) is 29.1 Å². The standard InChI is InChI=1S/C28H39FN4O3/c1-18(2)25(31-27(36)28-14-19-11-20(15-28)13-21(12-19)16-28)26(35)33-9-7-32(8-10-33)17-24(34)30-23-5-3-22(29)4-6-23/h3-6,18-21,25H,7-17H2,1-2H3,(H,30,34)(H,31,36). The summed E-state index contributed by atoms with van der Waals surface area (Å²) in [5.74, 6) is 1.64. The molecular weight excluding hydrogens is 459 g/mol. The smallest absolute Gasteiger partial charge is 0.245 e. The summed E-state index contributed by atoms with van der Waals surface area (Å²) in [6, 6.07) is 5.18. The van der Waals surface area contributed by atoms with Gasteiger partial charge in [-0.05, 0) is 86.5 Å². The number of benzene rings is 1. The van der Waals surface area contributed by atoms with E-state index in [0.717, 1.165) is 19.3 Å². The lowest BCUT2D eigenvalue weighted by atomic mass is 9.49. The van der Waals surface area contributed by atoms with Gasteiger partial charge in [0, 0.05) is 37.3 Å². The minimum atomic E-state index is -0.515. The Balaban J connectivity index is 1.13. The molecule has 2 N–H and O–H groups in total. The van der Waals surface area contributed by atoms with Crippen LogP contribution in [0.1, 0.15) is 52.4 Å². The highest BCUT2D eigenvalue weighted by Crippen LogP contribution is 2.60. The Morgan fingerprint density at radius 1 is 0.944 bits per heavy atom. The molecule has 4 aliphatic carbocycles. The molecule has 0 aromatic heterocycles. The minimum Gasteiger partial charge on any atom is -0.344 e. The topological polar surface area (TPSA) is 81.8 Å². The van der Waals surface area contributed by atoms with Crippen molar-refractivity contribution in [2.75, 3.05) is 38.0 Å². The number of nitrogens with one attached hydrogen (secondary N) is 2. The molecule has 3 amide bonds. The number of halogens is 1. The molecule has 6 rings (SSSR count). The molecular formula is C28H39FN4O3. The average Bonchev–Trinajstić information content (AvgIpc) is 2.83. The van der Waals surface area contributed by atoms with E-state index in [1.54, 1.807) is 0 Å². The highest BCUT2D eigenvalue weighted by Gasteiger charge is 2.55. The first-order valence-electron chi connectivity index (χ1n) is 13.6. The molecule has 1 aromatic rings. The van der Waals surface area contributed by atoms with Crippen molar-refractivity contribution in [3.05, 3.63) is 30.1 Å². The summed E-state index contributed by atoms with van der Waals surface area (Å²) in [5.41, 5.74) is 0.295. The molecule has 1 saturated heterocycles. The van der Waals surface area contributed by atoms with Gasteiger partial charge in [0.1, 0.15) is 11.9 Å². The Morgan fingerprint density at radius 2 is 1.50 bits per heavy atom. The minimum absolute atomic E-state index is 0.00915. The van der Waals surface area contributed by atoms with E-state index in [-0.39, 0.29) is 41.4 Å². The van der Waals surface area contributed by atoms with E-state index in [0.29, 0.717) is 49.6 Å². The van der Waals surface area contributed by atoms with Gasteiger partial charge in [0.05, 0.1) is 6.54 Å². The molecule has 0 spiro atoms. The van der Waals surface area contributed by atoms with Crippen LogP contribution in [0.25, 0.3) is 0 Å². The third-order valence-corrected chi connectivity index (χ3v) is 8.92. The van der Waals surface area contributed by atoms with Gasteiger partial charge in [0.15, 0.2) is 0 Å². The molecule has 1 heterocycles. The van der Waals surface area contributed by atoms with Gasteiger partial charge >= 0.3 is 0 Å². The van der Waals surface area contributed by atoms with Crippen molar-refractivity contribution in [1.29, 1.82) is 0 Å². The number of rotatable bonds is 7. The van der Waals surface area contributed by atoms with Crippen LogP contribution in [-0.2, 0) is 14.4 Å². The maximum absolute atomic E-state index is 13.6. The number of carbonyl (C=O) groups is 3. The molecule has 4 saturated carbocycles. The molecule has 1 atom stereocenters. The molecule has 1 aliphatic heterocycles. The maximum Gasteiger partial charge on any atom is 0.245 e. The summed E-state index contributed by atoms with van der Waals surface area (Å²) in [4.78, 5) is 43.3. The van der Waals surface area contributed by atoms with E-state index in [9.17, 15) is 18.8 Å². The molecule has 196 valence electrons. The van der Waals surface area contributed by atoms with Crippen LogP contribution in [0.3, 0.4) is 0 Å². The highest BCUT2D eigenvalue weighted by molar-refractivity contribution is 5.92. The first-order valence-corrected chi connectivity index (χ1v) is 13.6. The first-order chi connectivity index (χ1) is 17.2. The molecule has 36 heavy (non-hydrogen) atoms. The van der Waals surface area contributed by atoms with Crippen LogP contribution in [0.4, 0.5) is 10.1 Å². The normalized spacial score (nSPS) is 30.3. The molecule has 5 aliphatic rings. The van der Waals surface area contributed by atoms with Gasteiger partial charge in [0.2, 0.25) is 17.7 Å². The van der Waals surface area contributed by atoms with E-state index < -0.39 is 6.04 Å². The number of nitrogens with zero attached hydrogens (tertiary/aromatic N) is 2. The summed E-state index contributed by atoms with van der Waals surface area (Å²) in [6.07, 6.45) is 6.81. The monoisotopic (exact) mass is 498 g/mol. The van der Waals surface area contributed by atoms with Crippen molar-refractivity contribution in [3.63, 3.8) is 0 Å². The molecule has 7 nitrogen and oxygen atoms in total. The van der Waals surface area contributed by atoms with Gasteiger partial charge in [0.25, 0.3) is 0 Å². The van der Waals surface area contributed by atoms with E-state index in [2.05, 4.69) is 10.6 Å². The Kier molecular flexibility index (Phi) is 7.07. The van der Waals surface area contributed by atoms with E-state index in [1.165, 1.54) is 43.5 Å². The summed E-state index contributed by atoms with van der Waals surface area (Å²) in [6.45, 7) is 6.46. The Hall–Kier alpha value is -2.48. The Labute approximate surface area is 213 Å². The summed E-state index contributed by atoms with van der Waals surface area (Å²) >= 11 is 0. The second-order valence-electron chi connectivity index (χ2n) is 12.0. The van der Waals surface area contributed by atoms with Crippen LogP contribution in [0.15, 0.2) is 24.3 Å². The maximum atomic E-state index is 13.6. The summed E-state index contributed by atoms with van der Waals surface area (Å²) in [7, 11) is 0. The molecule has 1 unspecified atom stereocenters. The Morgan fingerprint density at radius 3 is 2.03 bits per heavy atom. The van der Waals surface area contributed by atoms with Crippen LogP contribution >= 0.6 is 0 Å². The summed E-state index contributed by atoms with van der Waals surface area (Å²) < 4.78 is 13.1. The molecule has 8 heteroatoms. The van der Waals surface area contributed by atoms with E-state index >= 15 is 0 Å². The number of hydrogen-bond donors (Lipinski definition) is 2. The van der Waals surface area contributed by atoms with Gasteiger partial charge in [-0.3, -0.25) is 19.3 Å². The molecule has 1 aromatic carbocycles. The predicted molar refractivity (Wildman–Crippen MR) is 135 cm³/mol. The number of amides is 3. The summed E-state index contributed by atoms with van der Waals surface area (Å²) in [5, 5.41) is 5.99. The lowest BCUT2D eigenvalue weighted by Crippen LogP contribution is -2.60. The molecule has 0 radical (unpaired) electrons. The van der Waals surface area contributed by atoms with Crippen LogP contribution in [-0.4, -0.2) is 66.3 Å². The number of carbonyl (C=O) groups excluding carboxylic acids is 3. The lowest BCUT2D eigenvalue weighted by molar-refractivity contribution is -0.151. The third-order valence-electron chi connectivity index (χ3n) is 8.92. The fourth-order valence-corrected chi connectivity index (χ4v) is 7.46. The van der Waals surface area contributed by atoms with Crippen LogP contribution in [0.5, 0.6) is 0 Å². The van der Waals surface area contributed by atoms with Crippen molar-refractivity contribution in [3.8, 4) is 0 Å². The lowest BCUT2D eigenvalue weighted by Gasteiger charge is -2.56. The highest BCUT2D eigenvalue weighted by atomic mass is 19.1. The number of anilines is 1. The Bertz CT molecular complexity index is 952. The van der Waals surface area contributed by atoms with Crippen molar-refractivity contribution in [1.82, 2.24) is 15.1 Å². The van der Waals surface area contributed by atoms with Crippen molar-refractivity contribution >= 4 is 23.4 Å². The third kappa shape index (κ3) is 5.29. The van der Waals surface area contributed by atoms with Gasteiger partial charge in [-0.25, -0.2) is 4.39 Å². The van der Waals surface area contributed by atoms with Crippen LogP contribution in [0, 0.1) is 34.9 Å². The van der Waals surface area contributed by atoms with Gasteiger partial charge < -0.3 is 15.5 Å². The van der Waals surface area contributed by atoms with Crippen LogP contribution < -0.4 is 10.6 Å². The fourth-order valence-electron chi connectivity index (χ4n) is 7.46. The van der Waals surface area contributed by atoms with Crippen molar-refractivity contribution < 1.29 is 18.8 Å². The van der Waals surface area contributed by atoms with E-state index in [4.69, 9.17) is 0 Å². The van der Waals surface area contributed by atoms with Gasteiger partial charge in [-0.2, -0.15) is 0 Å². The number of piperazine rings is 1. The molecule has 4 bridgehead atoms. The quantitative estimate of drug-likeness (QED) is 0.605. The largest absolute Gasteiger partial charge is 0.344 e. The predicted octanol–water partition coefficient (Wildman–Crippen LogP) is 3.27. The van der Waals surface area contributed by atoms with Gasteiger partial charge in [-0.1, -0.05) is 13.8 Å². The van der Waals surface area contributed by atoms with Crippen molar-refractivity contribution in [2.45, 2.75) is 58.4 Å². The molecule has 5 fully saturated rings. The zero-order chi connectivity index (χ0) is 25.4. The first kappa shape index (κ1) is 25.2. The fraction of sp³-hybridized carbons (Fsp3) is 0.679.